The number of nitrogens with two attached hydrogens (primary N) is 1. The van der Waals surface area contributed by atoms with Gasteiger partial charge in [0.1, 0.15) is 11.3 Å². The molecule has 1 aliphatic carbocycles. The number of nitrogens with zero attached hydrogens (tertiary/aromatic N) is 4. The van der Waals surface area contributed by atoms with Crippen molar-refractivity contribution in [2.45, 2.75) is 25.3 Å². The second-order valence-corrected chi connectivity index (χ2v) is 4.64. The van der Waals surface area contributed by atoms with E-state index < -0.39 is 0 Å². The normalized spacial score (nSPS) is 15.6. The van der Waals surface area contributed by atoms with Crippen LogP contribution in [0.1, 0.15) is 19.3 Å². The summed E-state index contributed by atoms with van der Waals surface area (Å²) in [6.45, 7) is 1.50. The molecule has 5 nitrogen and oxygen atoms in total. The van der Waals surface area contributed by atoms with Crippen molar-refractivity contribution in [3.63, 3.8) is 0 Å². The quantitative estimate of drug-likeness (QED) is 0.877. The van der Waals surface area contributed by atoms with Gasteiger partial charge in [-0.25, -0.2) is 9.97 Å². The van der Waals surface area contributed by atoms with Crippen LogP contribution in [0.5, 0.6) is 0 Å². The molecule has 1 saturated carbocycles. The first kappa shape index (κ1) is 11.3. The standard InChI is InChI=1S/C13H17N5/c14-6-9-18(10-2-1-3-10)12-5-4-11-13(17-12)16-8-7-15-11/h4-5,7-8,10H,1-3,6,9,14H2. The van der Waals surface area contributed by atoms with E-state index in [1.807, 2.05) is 12.1 Å². The van der Waals surface area contributed by atoms with Crippen LogP contribution in [0.4, 0.5) is 5.82 Å². The van der Waals surface area contributed by atoms with Crippen molar-refractivity contribution in [3.8, 4) is 0 Å². The molecule has 18 heavy (non-hydrogen) atoms. The van der Waals surface area contributed by atoms with E-state index in [-0.39, 0.29) is 0 Å². The van der Waals surface area contributed by atoms with Gasteiger partial charge < -0.3 is 10.6 Å². The number of pyridine rings is 1. The van der Waals surface area contributed by atoms with Gasteiger partial charge in [0.2, 0.25) is 0 Å². The van der Waals surface area contributed by atoms with Gasteiger partial charge in [-0.2, -0.15) is 0 Å². The molecule has 94 valence electrons. The van der Waals surface area contributed by atoms with Crippen molar-refractivity contribution < 1.29 is 0 Å². The Bertz CT molecular complexity index is 538. The number of anilines is 1. The van der Waals surface area contributed by atoms with Crippen LogP contribution in [0, 0.1) is 0 Å². The van der Waals surface area contributed by atoms with Crippen molar-refractivity contribution in [2.24, 2.45) is 5.73 Å². The maximum absolute atomic E-state index is 5.70. The first-order chi connectivity index (χ1) is 8.88. The van der Waals surface area contributed by atoms with Crippen LogP contribution in [0.2, 0.25) is 0 Å². The minimum atomic E-state index is 0.593. The van der Waals surface area contributed by atoms with Crippen LogP contribution >= 0.6 is 0 Å². The van der Waals surface area contributed by atoms with Crippen LogP contribution in [-0.2, 0) is 0 Å². The van der Waals surface area contributed by atoms with E-state index in [0.717, 1.165) is 17.9 Å². The fourth-order valence-electron chi connectivity index (χ4n) is 2.33. The van der Waals surface area contributed by atoms with E-state index in [2.05, 4.69) is 19.9 Å². The molecule has 0 amide bonds. The third-order valence-corrected chi connectivity index (χ3v) is 3.50. The second kappa shape index (κ2) is 4.86. The van der Waals surface area contributed by atoms with E-state index >= 15 is 0 Å². The van der Waals surface area contributed by atoms with Crippen molar-refractivity contribution in [1.29, 1.82) is 0 Å². The fraction of sp³-hybridized carbons (Fsp3) is 0.462. The topological polar surface area (TPSA) is 67.9 Å². The summed E-state index contributed by atoms with van der Waals surface area (Å²) in [5.41, 5.74) is 7.24. The van der Waals surface area contributed by atoms with E-state index in [0.29, 0.717) is 18.2 Å². The molecule has 2 heterocycles. The Labute approximate surface area is 106 Å². The zero-order chi connectivity index (χ0) is 12.4. The highest BCUT2D eigenvalue weighted by molar-refractivity contribution is 5.71. The van der Waals surface area contributed by atoms with Gasteiger partial charge in [-0.3, -0.25) is 4.98 Å². The SMILES string of the molecule is NCCN(c1ccc2nccnc2n1)C1CCC1. The zero-order valence-electron chi connectivity index (χ0n) is 10.3. The summed E-state index contributed by atoms with van der Waals surface area (Å²) >= 11 is 0. The van der Waals surface area contributed by atoms with Crippen molar-refractivity contribution in [1.82, 2.24) is 15.0 Å². The van der Waals surface area contributed by atoms with Crippen LogP contribution in [0.25, 0.3) is 11.2 Å². The predicted molar refractivity (Wildman–Crippen MR) is 71.4 cm³/mol. The Kier molecular flexibility index (Phi) is 3.06. The molecule has 0 aliphatic heterocycles. The number of hydrogen-bond donors (Lipinski definition) is 1. The van der Waals surface area contributed by atoms with Gasteiger partial charge in [0, 0.05) is 31.5 Å². The van der Waals surface area contributed by atoms with Gasteiger partial charge in [-0.15, -0.1) is 0 Å². The molecular weight excluding hydrogens is 226 g/mol. The molecule has 5 heteroatoms. The third-order valence-electron chi connectivity index (χ3n) is 3.50. The van der Waals surface area contributed by atoms with Gasteiger partial charge in [0.15, 0.2) is 5.65 Å². The highest BCUT2D eigenvalue weighted by Crippen LogP contribution is 2.28. The highest BCUT2D eigenvalue weighted by atomic mass is 15.2. The Morgan fingerprint density at radius 1 is 1.22 bits per heavy atom. The molecule has 0 bridgehead atoms. The summed E-state index contributed by atoms with van der Waals surface area (Å²) < 4.78 is 0. The summed E-state index contributed by atoms with van der Waals surface area (Å²) in [6, 6.07) is 4.59. The van der Waals surface area contributed by atoms with Crippen LogP contribution in [-0.4, -0.2) is 34.1 Å². The number of rotatable bonds is 4. The minimum absolute atomic E-state index is 0.593. The predicted octanol–water partition coefficient (Wildman–Crippen LogP) is 1.34. The summed E-state index contributed by atoms with van der Waals surface area (Å²) in [6.07, 6.45) is 7.14. The second-order valence-electron chi connectivity index (χ2n) is 4.64. The Morgan fingerprint density at radius 3 is 2.78 bits per heavy atom. The lowest BCUT2D eigenvalue weighted by Crippen LogP contribution is -2.43. The average Bonchev–Trinajstić information content (AvgIpc) is 2.35. The van der Waals surface area contributed by atoms with Gasteiger partial charge in [-0.05, 0) is 31.4 Å². The molecule has 0 atom stereocenters. The number of hydrogen-bond acceptors (Lipinski definition) is 5. The molecule has 0 aromatic carbocycles. The minimum Gasteiger partial charge on any atom is -0.352 e. The fourth-order valence-corrected chi connectivity index (χ4v) is 2.33. The van der Waals surface area contributed by atoms with E-state index in [9.17, 15) is 0 Å². The summed E-state index contributed by atoms with van der Waals surface area (Å²) in [5.74, 6) is 0.971. The molecule has 0 unspecified atom stereocenters. The molecule has 1 fully saturated rings. The molecule has 3 rings (SSSR count). The van der Waals surface area contributed by atoms with Crippen molar-refractivity contribution in [2.75, 3.05) is 18.0 Å². The lowest BCUT2D eigenvalue weighted by atomic mass is 9.91. The Morgan fingerprint density at radius 2 is 2.06 bits per heavy atom. The van der Waals surface area contributed by atoms with Crippen LogP contribution in [0.15, 0.2) is 24.5 Å². The van der Waals surface area contributed by atoms with Gasteiger partial charge in [-0.1, -0.05) is 0 Å². The summed E-state index contributed by atoms with van der Waals surface area (Å²) in [4.78, 5) is 15.4. The number of fused-ring (bicyclic) bond motifs is 1. The molecule has 0 saturated heterocycles. The molecule has 1 aliphatic rings. The van der Waals surface area contributed by atoms with Crippen molar-refractivity contribution >= 4 is 17.0 Å². The highest BCUT2D eigenvalue weighted by Gasteiger charge is 2.25. The van der Waals surface area contributed by atoms with Crippen molar-refractivity contribution in [3.05, 3.63) is 24.5 Å². The molecule has 0 radical (unpaired) electrons. The van der Waals surface area contributed by atoms with Crippen LogP contribution in [0.3, 0.4) is 0 Å². The molecule has 0 spiro atoms. The van der Waals surface area contributed by atoms with Gasteiger partial charge in [0.05, 0.1) is 0 Å². The van der Waals surface area contributed by atoms with E-state index in [4.69, 9.17) is 5.73 Å². The average molecular weight is 243 g/mol. The first-order valence-electron chi connectivity index (χ1n) is 6.43. The monoisotopic (exact) mass is 243 g/mol. The van der Waals surface area contributed by atoms with E-state index in [1.165, 1.54) is 19.3 Å². The van der Waals surface area contributed by atoms with Gasteiger partial charge >= 0.3 is 0 Å². The molecular formula is C13H17N5. The summed E-state index contributed by atoms with van der Waals surface area (Å²) in [7, 11) is 0. The Hall–Kier alpha value is -1.75. The summed E-state index contributed by atoms with van der Waals surface area (Å²) in [5, 5.41) is 0. The third kappa shape index (κ3) is 2.01. The van der Waals surface area contributed by atoms with E-state index in [1.54, 1.807) is 12.4 Å². The lowest BCUT2D eigenvalue weighted by molar-refractivity contribution is 0.386. The van der Waals surface area contributed by atoms with Crippen LogP contribution < -0.4 is 10.6 Å². The van der Waals surface area contributed by atoms with Gasteiger partial charge in [0.25, 0.3) is 0 Å². The maximum Gasteiger partial charge on any atom is 0.180 e. The first-order valence-corrected chi connectivity index (χ1v) is 6.43. The zero-order valence-corrected chi connectivity index (χ0v) is 10.3. The Balaban J connectivity index is 1.95. The lowest BCUT2D eigenvalue weighted by Gasteiger charge is -2.38. The number of aromatic nitrogens is 3. The molecule has 2 aromatic rings. The smallest absolute Gasteiger partial charge is 0.180 e. The molecule has 2 N–H and O–H groups in total. The maximum atomic E-state index is 5.70. The largest absolute Gasteiger partial charge is 0.352 e. The molecule has 2 aromatic heterocycles.